The molecule has 84 valence electrons. The quantitative estimate of drug-likeness (QED) is 0.861. The SMILES string of the molecule is CCOC(=O)c1oc2cc(Br)ccc2c1N. The summed E-state index contributed by atoms with van der Waals surface area (Å²) in [5.74, 6) is -0.470. The Morgan fingerprint density at radius 2 is 2.31 bits per heavy atom. The van der Waals surface area contributed by atoms with Crippen LogP contribution in [0.1, 0.15) is 17.5 Å². The number of rotatable bonds is 2. The second-order valence-corrected chi connectivity index (χ2v) is 4.12. The zero-order valence-corrected chi connectivity index (χ0v) is 10.2. The number of nitrogens with two attached hydrogens (primary N) is 1. The molecule has 0 amide bonds. The van der Waals surface area contributed by atoms with Crippen LogP contribution in [0.25, 0.3) is 11.0 Å². The van der Waals surface area contributed by atoms with E-state index in [0.717, 1.165) is 4.47 Å². The first-order chi connectivity index (χ1) is 7.63. The molecule has 0 radical (unpaired) electrons. The van der Waals surface area contributed by atoms with E-state index in [2.05, 4.69) is 15.9 Å². The van der Waals surface area contributed by atoms with E-state index in [-0.39, 0.29) is 5.76 Å². The van der Waals surface area contributed by atoms with E-state index >= 15 is 0 Å². The van der Waals surface area contributed by atoms with Gasteiger partial charge in [0.05, 0.1) is 12.3 Å². The average molecular weight is 284 g/mol. The van der Waals surface area contributed by atoms with E-state index in [1.54, 1.807) is 19.1 Å². The molecule has 0 aliphatic carbocycles. The van der Waals surface area contributed by atoms with Crippen molar-refractivity contribution in [2.45, 2.75) is 6.92 Å². The van der Waals surface area contributed by atoms with Gasteiger partial charge in [-0.15, -0.1) is 0 Å². The molecule has 0 spiro atoms. The second-order valence-electron chi connectivity index (χ2n) is 3.21. The number of esters is 1. The zero-order chi connectivity index (χ0) is 11.7. The minimum Gasteiger partial charge on any atom is -0.460 e. The number of halogens is 1. The lowest BCUT2D eigenvalue weighted by atomic mass is 10.2. The topological polar surface area (TPSA) is 65.5 Å². The number of carbonyl (C=O) groups is 1. The lowest BCUT2D eigenvalue weighted by molar-refractivity contribution is 0.0494. The molecule has 0 bridgehead atoms. The molecule has 0 aliphatic rings. The van der Waals surface area contributed by atoms with E-state index in [1.807, 2.05) is 6.07 Å². The van der Waals surface area contributed by atoms with Gasteiger partial charge in [-0.25, -0.2) is 4.79 Å². The van der Waals surface area contributed by atoms with Crippen molar-refractivity contribution in [3.8, 4) is 0 Å². The van der Waals surface area contributed by atoms with Crippen LogP contribution < -0.4 is 5.73 Å². The van der Waals surface area contributed by atoms with Crippen LogP contribution in [0.5, 0.6) is 0 Å². The molecular weight excluding hydrogens is 274 g/mol. The number of ether oxygens (including phenoxy) is 1. The predicted molar refractivity (Wildman–Crippen MR) is 64.3 cm³/mol. The van der Waals surface area contributed by atoms with Gasteiger partial charge in [0.1, 0.15) is 5.58 Å². The molecule has 16 heavy (non-hydrogen) atoms. The third-order valence-corrected chi connectivity index (χ3v) is 2.64. The molecule has 1 aromatic heterocycles. The summed E-state index contributed by atoms with van der Waals surface area (Å²) in [5.41, 5.74) is 6.70. The van der Waals surface area contributed by atoms with Crippen LogP contribution in [-0.4, -0.2) is 12.6 Å². The number of hydrogen-bond acceptors (Lipinski definition) is 4. The minimum atomic E-state index is -0.535. The molecule has 2 rings (SSSR count). The van der Waals surface area contributed by atoms with Gasteiger partial charge in [-0.2, -0.15) is 0 Å². The zero-order valence-electron chi connectivity index (χ0n) is 8.62. The van der Waals surface area contributed by atoms with Crippen molar-refractivity contribution >= 4 is 38.6 Å². The molecule has 0 atom stereocenters. The Bertz CT molecular complexity index is 547. The first-order valence-electron chi connectivity index (χ1n) is 4.78. The summed E-state index contributed by atoms with van der Waals surface area (Å²) in [5, 5.41) is 0.714. The third-order valence-electron chi connectivity index (χ3n) is 2.15. The first-order valence-corrected chi connectivity index (χ1v) is 5.57. The molecule has 4 nitrogen and oxygen atoms in total. The van der Waals surface area contributed by atoms with Gasteiger partial charge >= 0.3 is 5.97 Å². The van der Waals surface area contributed by atoms with Crippen LogP contribution in [0.2, 0.25) is 0 Å². The largest absolute Gasteiger partial charge is 0.460 e. The van der Waals surface area contributed by atoms with Crippen LogP contribution in [0, 0.1) is 0 Å². The highest BCUT2D eigenvalue weighted by molar-refractivity contribution is 9.10. The minimum absolute atomic E-state index is 0.0648. The summed E-state index contributed by atoms with van der Waals surface area (Å²) in [6.45, 7) is 2.02. The number of fused-ring (bicyclic) bond motifs is 1. The van der Waals surface area contributed by atoms with Gasteiger partial charge in [-0.1, -0.05) is 15.9 Å². The van der Waals surface area contributed by atoms with Crippen molar-refractivity contribution in [3.05, 3.63) is 28.4 Å². The summed E-state index contributed by atoms with van der Waals surface area (Å²) in [6.07, 6.45) is 0. The lowest BCUT2D eigenvalue weighted by Gasteiger charge is -1.97. The number of furan rings is 1. The van der Waals surface area contributed by atoms with Crippen molar-refractivity contribution in [3.63, 3.8) is 0 Å². The number of anilines is 1. The highest BCUT2D eigenvalue weighted by Gasteiger charge is 2.19. The Labute approximate surface area is 100 Å². The van der Waals surface area contributed by atoms with Gasteiger partial charge in [0.25, 0.3) is 0 Å². The number of benzene rings is 1. The highest BCUT2D eigenvalue weighted by atomic mass is 79.9. The maximum Gasteiger partial charge on any atom is 0.376 e. The van der Waals surface area contributed by atoms with E-state index in [4.69, 9.17) is 14.9 Å². The molecule has 0 saturated carbocycles. The molecule has 0 saturated heterocycles. The van der Waals surface area contributed by atoms with Crippen LogP contribution in [0.3, 0.4) is 0 Å². The molecule has 0 aliphatic heterocycles. The number of hydrogen-bond donors (Lipinski definition) is 1. The fourth-order valence-corrected chi connectivity index (χ4v) is 1.78. The van der Waals surface area contributed by atoms with Crippen LogP contribution in [-0.2, 0) is 4.74 Å². The van der Waals surface area contributed by atoms with Crippen molar-refractivity contribution in [2.24, 2.45) is 0 Å². The van der Waals surface area contributed by atoms with E-state index < -0.39 is 5.97 Å². The van der Waals surface area contributed by atoms with Crippen molar-refractivity contribution < 1.29 is 13.9 Å². The number of carbonyl (C=O) groups excluding carboxylic acids is 1. The normalized spacial score (nSPS) is 10.6. The maximum atomic E-state index is 11.5. The van der Waals surface area contributed by atoms with Gasteiger partial charge in [0.2, 0.25) is 5.76 Å². The van der Waals surface area contributed by atoms with Crippen LogP contribution in [0.15, 0.2) is 27.1 Å². The smallest absolute Gasteiger partial charge is 0.376 e. The van der Waals surface area contributed by atoms with E-state index in [0.29, 0.717) is 23.3 Å². The molecule has 2 N–H and O–H groups in total. The van der Waals surface area contributed by atoms with Gasteiger partial charge in [0.15, 0.2) is 0 Å². The summed E-state index contributed by atoms with van der Waals surface area (Å²) in [7, 11) is 0. The molecule has 1 aromatic carbocycles. The number of nitrogen functional groups attached to an aromatic ring is 1. The summed E-state index contributed by atoms with van der Waals surface area (Å²) < 4.78 is 11.1. The molecule has 1 heterocycles. The Morgan fingerprint density at radius 3 is 3.00 bits per heavy atom. The Hall–Kier alpha value is -1.49. The average Bonchev–Trinajstić information content (AvgIpc) is 2.56. The molecule has 5 heteroatoms. The second kappa shape index (κ2) is 4.17. The van der Waals surface area contributed by atoms with Gasteiger partial charge in [-0.3, -0.25) is 0 Å². The molecule has 0 fully saturated rings. The Morgan fingerprint density at radius 1 is 1.56 bits per heavy atom. The third kappa shape index (κ3) is 1.78. The summed E-state index contributed by atoms with van der Waals surface area (Å²) >= 11 is 3.32. The highest BCUT2D eigenvalue weighted by Crippen LogP contribution is 2.30. The standard InChI is InChI=1S/C11H10BrNO3/c1-2-15-11(14)10-9(13)7-4-3-6(12)5-8(7)16-10/h3-5H,2,13H2,1H3. The van der Waals surface area contributed by atoms with Gasteiger partial charge < -0.3 is 14.9 Å². The summed E-state index contributed by atoms with van der Waals surface area (Å²) in [6, 6.07) is 5.39. The first kappa shape index (κ1) is 11.0. The van der Waals surface area contributed by atoms with Crippen molar-refractivity contribution in [2.75, 3.05) is 12.3 Å². The van der Waals surface area contributed by atoms with E-state index in [9.17, 15) is 4.79 Å². The van der Waals surface area contributed by atoms with Crippen LogP contribution in [0.4, 0.5) is 5.69 Å². The van der Waals surface area contributed by atoms with Gasteiger partial charge in [-0.05, 0) is 25.1 Å². The van der Waals surface area contributed by atoms with Crippen molar-refractivity contribution in [1.82, 2.24) is 0 Å². The van der Waals surface area contributed by atoms with Crippen molar-refractivity contribution in [1.29, 1.82) is 0 Å². The molecule has 2 aromatic rings. The van der Waals surface area contributed by atoms with E-state index in [1.165, 1.54) is 0 Å². The predicted octanol–water partition coefficient (Wildman–Crippen LogP) is 2.95. The fourth-order valence-electron chi connectivity index (χ4n) is 1.44. The Balaban J connectivity index is 2.55. The van der Waals surface area contributed by atoms with Crippen LogP contribution >= 0.6 is 15.9 Å². The molecular formula is C11H10BrNO3. The fraction of sp³-hybridized carbons (Fsp3) is 0.182. The summed E-state index contributed by atoms with van der Waals surface area (Å²) in [4.78, 5) is 11.5. The molecule has 0 unspecified atom stereocenters. The maximum absolute atomic E-state index is 11.5. The van der Waals surface area contributed by atoms with Gasteiger partial charge in [0, 0.05) is 9.86 Å². The monoisotopic (exact) mass is 283 g/mol. The Kier molecular flexibility index (Phi) is 2.87. The lowest BCUT2D eigenvalue weighted by Crippen LogP contribution is -2.05.